The van der Waals surface area contributed by atoms with Crippen LogP contribution in [0, 0.1) is 11.3 Å². The molecule has 2 heterocycles. The molecular formula is C31H25N5O2. The molecule has 0 radical (unpaired) electrons. The molecule has 186 valence electrons. The molecule has 1 aromatic heterocycles. The molecule has 1 aliphatic rings. The minimum Gasteiger partial charge on any atom is -0.456 e. The molecule has 1 amide bonds. The van der Waals surface area contributed by atoms with Gasteiger partial charge >= 0.3 is 0 Å². The number of imidazole rings is 1. The Kier molecular flexibility index (Phi) is 6.30. The van der Waals surface area contributed by atoms with E-state index >= 15 is 0 Å². The number of aromatic nitrogens is 2. The SMILES string of the molecule is N#Cc1ccc2cc1Oc1ccc3cccc(c3c1)NC(=O)[C@H](Cc1ccccc1)NCc1cncn1C2. The number of carbonyl (C=O) groups excluding carboxylic acids is 1. The standard InChI is InChI=1S/C31H25N5O2/c32-16-24-10-9-22-14-30(24)38-26-12-11-23-7-4-8-28(27(23)15-26)35-31(37)29(13-21-5-2-1-3-6-21)34-18-25-17-33-20-36(25)19-22/h1-12,14-15,17,20,29,34H,13,18-19H2,(H,35,37)/t29-/m0/s1. The van der Waals surface area contributed by atoms with E-state index in [2.05, 4.69) is 21.7 Å². The first-order valence-corrected chi connectivity index (χ1v) is 12.5. The Morgan fingerprint density at radius 2 is 1.92 bits per heavy atom. The quantitative estimate of drug-likeness (QED) is 0.339. The number of nitriles is 1. The fourth-order valence-corrected chi connectivity index (χ4v) is 4.78. The summed E-state index contributed by atoms with van der Waals surface area (Å²) in [6, 6.07) is 28.9. The Hall–Kier alpha value is -4.93. The lowest BCUT2D eigenvalue weighted by Crippen LogP contribution is -2.42. The molecule has 1 atom stereocenters. The average molecular weight is 500 g/mol. The maximum absolute atomic E-state index is 13.6. The summed E-state index contributed by atoms with van der Waals surface area (Å²) in [5, 5.41) is 18.1. The number of anilines is 1. The van der Waals surface area contributed by atoms with Crippen LogP contribution in [0.15, 0.2) is 97.5 Å². The molecule has 4 bridgehead atoms. The Morgan fingerprint density at radius 1 is 1.03 bits per heavy atom. The second-order valence-electron chi connectivity index (χ2n) is 9.36. The predicted molar refractivity (Wildman–Crippen MR) is 146 cm³/mol. The number of hydrogen-bond acceptors (Lipinski definition) is 5. The maximum atomic E-state index is 13.6. The van der Waals surface area contributed by atoms with Crippen LogP contribution in [0.1, 0.15) is 22.4 Å². The van der Waals surface area contributed by atoms with Gasteiger partial charge in [-0.3, -0.25) is 10.1 Å². The Morgan fingerprint density at radius 3 is 2.79 bits per heavy atom. The van der Waals surface area contributed by atoms with Crippen molar-refractivity contribution in [1.29, 1.82) is 5.26 Å². The van der Waals surface area contributed by atoms with Gasteiger partial charge in [-0.05, 0) is 53.3 Å². The summed E-state index contributed by atoms with van der Waals surface area (Å²) in [7, 11) is 0. The molecule has 38 heavy (non-hydrogen) atoms. The smallest absolute Gasteiger partial charge is 0.241 e. The molecule has 4 aromatic carbocycles. The lowest BCUT2D eigenvalue weighted by Gasteiger charge is -2.20. The van der Waals surface area contributed by atoms with E-state index in [0.29, 0.717) is 42.3 Å². The molecule has 1 aliphatic heterocycles. The summed E-state index contributed by atoms with van der Waals surface area (Å²) >= 11 is 0. The van der Waals surface area contributed by atoms with Crippen LogP contribution in [0.5, 0.6) is 11.5 Å². The number of hydrogen-bond donors (Lipinski definition) is 2. The predicted octanol–water partition coefficient (Wildman–Crippen LogP) is 5.40. The van der Waals surface area contributed by atoms with Gasteiger partial charge in [0.1, 0.15) is 17.6 Å². The van der Waals surface area contributed by atoms with E-state index < -0.39 is 6.04 Å². The molecule has 2 N–H and O–H groups in total. The zero-order chi connectivity index (χ0) is 25.9. The molecule has 7 heteroatoms. The van der Waals surface area contributed by atoms with Crippen LogP contribution in [-0.4, -0.2) is 21.5 Å². The summed E-state index contributed by atoms with van der Waals surface area (Å²) in [5.74, 6) is 0.950. The third-order valence-corrected chi connectivity index (χ3v) is 6.79. The van der Waals surface area contributed by atoms with E-state index in [0.717, 1.165) is 27.6 Å². The van der Waals surface area contributed by atoms with Gasteiger partial charge in [0.15, 0.2) is 0 Å². The molecule has 6 rings (SSSR count). The Bertz CT molecular complexity index is 1670. The van der Waals surface area contributed by atoms with Gasteiger partial charge in [0.05, 0.1) is 23.6 Å². The third-order valence-electron chi connectivity index (χ3n) is 6.79. The molecule has 0 spiro atoms. The lowest BCUT2D eigenvalue weighted by atomic mass is 10.0. The van der Waals surface area contributed by atoms with Crippen LogP contribution in [0.3, 0.4) is 0 Å². The zero-order valence-corrected chi connectivity index (χ0v) is 20.6. The van der Waals surface area contributed by atoms with Gasteiger partial charge < -0.3 is 14.6 Å². The minimum atomic E-state index is -0.468. The summed E-state index contributed by atoms with van der Waals surface area (Å²) in [4.78, 5) is 18.0. The number of nitrogens with zero attached hydrogens (tertiary/aromatic N) is 3. The van der Waals surface area contributed by atoms with E-state index in [-0.39, 0.29) is 5.91 Å². The average Bonchev–Trinajstić information content (AvgIpc) is 3.38. The summed E-state index contributed by atoms with van der Waals surface area (Å²) in [5.41, 5.74) is 4.14. The van der Waals surface area contributed by atoms with Crippen molar-refractivity contribution in [2.45, 2.75) is 25.6 Å². The van der Waals surface area contributed by atoms with Crippen molar-refractivity contribution in [3.8, 4) is 17.6 Å². The molecular weight excluding hydrogens is 474 g/mol. The van der Waals surface area contributed by atoms with Crippen LogP contribution in [0.25, 0.3) is 10.8 Å². The van der Waals surface area contributed by atoms with Gasteiger partial charge in [-0.25, -0.2) is 4.98 Å². The first-order valence-electron chi connectivity index (χ1n) is 12.5. The van der Waals surface area contributed by atoms with Crippen molar-refractivity contribution in [3.05, 3.63) is 120 Å². The highest BCUT2D eigenvalue weighted by molar-refractivity contribution is 6.04. The topological polar surface area (TPSA) is 92.0 Å². The van der Waals surface area contributed by atoms with Crippen LogP contribution in [0.2, 0.25) is 0 Å². The Labute approximate surface area is 220 Å². The molecule has 7 nitrogen and oxygen atoms in total. The second-order valence-corrected chi connectivity index (χ2v) is 9.36. The van der Waals surface area contributed by atoms with Gasteiger partial charge in [0.25, 0.3) is 0 Å². The highest BCUT2D eigenvalue weighted by Crippen LogP contribution is 2.32. The second kappa shape index (κ2) is 10.2. The molecule has 0 saturated carbocycles. The number of rotatable bonds is 2. The lowest BCUT2D eigenvalue weighted by molar-refractivity contribution is -0.118. The van der Waals surface area contributed by atoms with Crippen LogP contribution in [-0.2, 0) is 24.3 Å². The van der Waals surface area contributed by atoms with Crippen LogP contribution < -0.4 is 15.4 Å². The van der Waals surface area contributed by atoms with Gasteiger partial charge in [0, 0.05) is 30.4 Å². The van der Waals surface area contributed by atoms with Crippen LogP contribution in [0.4, 0.5) is 5.69 Å². The summed E-state index contributed by atoms with van der Waals surface area (Å²) in [6.45, 7) is 1.01. The largest absolute Gasteiger partial charge is 0.456 e. The van der Waals surface area contributed by atoms with Crippen molar-refractivity contribution in [3.63, 3.8) is 0 Å². The summed E-state index contributed by atoms with van der Waals surface area (Å²) < 4.78 is 8.26. The van der Waals surface area contributed by atoms with Crippen molar-refractivity contribution < 1.29 is 9.53 Å². The number of amides is 1. The van der Waals surface area contributed by atoms with Crippen molar-refractivity contribution >= 4 is 22.4 Å². The molecule has 0 aliphatic carbocycles. The summed E-state index contributed by atoms with van der Waals surface area (Å²) in [6.07, 6.45) is 4.12. The fraction of sp³-hybridized carbons (Fsp3) is 0.129. The first kappa shape index (κ1) is 23.5. The van der Waals surface area contributed by atoms with Crippen molar-refractivity contribution in [2.75, 3.05) is 5.32 Å². The van der Waals surface area contributed by atoms with E-state index in [1.165, 1.54) is 0 Å². The van der Waals surface area contributed by atoms with Crippen molar-refractivity contribution in [2.24, 2.45) is 0 Å². The molecule has 5 aromatic rings. The van der Waals surface area contributed by atoms with Gasteiger partial charge in [-0.1, -0.05) is 54.6 Å². The number of carbonyl (C=O) groups is 1. The van der Waals surface area contributed by atoms with Gasteiger partial charge in [-0.2, -0.15) is 5.26 Å². The molecule has 0 fully saturated rings. The monoisotopic (exact) mass is 499 g/mol. The number of nitrogens with one attached hydrogen (secondary N) is 2. The van der Waals surface area contributed by atoms with Gasteiger partial charge in [-0.15, -0.1) is 0 Å². The van der Waals surface area contributed by atoms with E-state index in [1.807, 2.05) is 83.4 Å². The normalized spacial score (nSPS) is 15.3. The molecule has 0 unspecified atom stereocenters. The van der Waals surface area contributed by atoms with E-state index in [9.17, 15) is 10.1 Å². The molecule has 0 saturated heterocycles. The van der Waals surface area contributed by atoms with Crippen LogP contribution >= 0.6 is 0 Å². The highest BCUT2D eigenvalue weighted by atomic mass is 16.5. The zero-order valence-electron chi connectivity index (χ0n) is 20.6. The van der Waals surface area contributed by atoms with Gasteiger partial charge in [0.2, 0.25) is 5.91 Å². The van der Waals surface area contributed by atoms with E-state index in [1.54, 1.807) is 18.6 Å². The van der Waals surface area contributed by atoms with E-state index in [4.69, 9.17) is 4.74 Å². The first-order chi connectivity index (χ1) is 18.7. The van der Waals surface area contributed by atoms with Crippen molar-refractivity contribution in [1.82, 2.24) is 14.9 Å². The number of benzene rings is 4. The fourth-order valence-electron chi connectivity index (χ4n) is 4.78. The number of fused-ring (bicyclic) bond motifs is 4. The third kappa shape index (κ3) is 4.85. The number of ether oxygens (including phenoxy) is 1. The maximum Gasteiger partial charge on any atom is 0.241 e. The minimum absolute atomic E-state index is 0.122. The Balaban J connectivity index is 1.44. The highest BCUT2D eigenvalue weighted by Gasteiger charge is 2.21.